The monoisotopic (exact) mass is 525 g/mol. The number of halogens is 2. The lowest BCUT2D eigenvalue weighted by Gasteiger charge is -2.33. The fourth-order valence-corrected chi connectivity index (χ4v) is 4.66. The average molecular weight is 526 g/mol. The van der Waals surface area contributed by atoms with Gasteiger partial charge in [-0.2, -0.15) is 0 Å². The Kier molecular flexibility index (Phi) is 10.1. The SMILES string of the molecule is CC[C@H](C)NC(=O)[C@H](CC)N(Cc1ccc(F)cc1)C(=O)CN(c1cc(Cl)ccc1C)S(C)(=O)=O. The first-order valence-corrected chi connectivity index (χ1v) is 13.7. The summed E-state index contributed by atoms with van der Waals surface area (Å²) < 4.78 is 39.8. The van der Waals surface area contributed by atoms with Crippen LogP contribution >= 0.6 is 11.6 Å². The normalized spacial score (nSPS) is 13.1. The highest BCUT2D eigenvalue weighted by molar-refractivity contribution is 7.92. The molecule has 0 saturated heterocycles. The molecule has 0 saturated carbocycles. The summed E-state index contributed by atoms with van der Waals surface area (Å²) in [5.41, 5.74) is 1.52. The number of hydrogen-bond donors (Lipinski definition) is 1. The van der Waals surface area contributed by atoms with E-state index in [9.17, 15) is 22.4 Å². The van der Waals surface area contributed by atoms with Crippen LogP contribution in [-0.4, -0.2) is 50.0 Å². The van der Waals surface area contributed by atoms with Crippen LogP contribution in [0.15, 0.2) is 42.5 Å². The quantitative estimate of drug-likeness (QED) is 0.474. The maximum Gasteiger partial charge on any atom is 0.244 e. The van der Waals surface area contributed by atoms with Crippen LogP contribution in [0, 0.1) is 12.7 Å². The summed E-state index contributed by atoms with van der Waals surface area (Å²) in [6.07, 6.45) is 2.03. The fourth-order valence-electron chi connectivity index (χ4n) is 3.59. The van der Waals surface area contributed by atoms with Crippen LogP contribution in [0.4, 0.5) is 10.1 Å². The van der Waals surface area contributed by atoms with Gasteiger partial charge in [-0.25, -0.2) is 12.8 Å². The molecule has 10 heteroatoms. The van der Waals surface area contributed by atoms with Crippen molar-refractivity contribution in [3.63, 3.8) is 0 Å². The molecule has 0 heterocycles. The van der Waals surface area contributed by atoms with Crippen molar-refractivity contribution < 1.29 is 22.4 Å². The van der Waals surface area contributed by atoms with Crippen molar-refractivity contribution in [2.24, 2.45) is 0 Å². The van der Waals surface area contributed by atoms with Crippen LogP contribution in [-0.2, 0) is 26.2 Å². The third kappa shape index (κ3) is 7.93. The predicted octanol–water partition coefficient (Wildman–Crippen LogP) is 4.28. The molecule has 1 N–H and O–H groups in total. The Morgan fingerprint density at radius 1 is 1.09 bits per heavy atom. The Morgan fingerprint density at radius 3 is 2.26 bits per heavy atom. The van der Waals surface area contributed by atoms with Crippen LogP contribution < -0.4 is 9.62 Å². The van der Waals surface area contributed by atoms with E-state index >= 15 is 0 Å². The molecule has 0 fully saturated rings. The summed E-state index contributed by atoms with van der Waals surface area (Å²) in [4.78, 5) is 28.1. The summed E-state index contributed by atoms with van der Waals surface area (Å²) in [5, 5.41) is 3.23. The maximum atomic E-state index is 13.6. The van der Waals surface area contributed by atoms with Gasteiger partial charge in [0.25, 0.3) is 0 Å². The van der Waals surface area contributed by atoms with Crippen molar-refractivity contribution in [1.29, 1.82) is 0 Å². The van der Waals surface area contributed by atoms with Crippen LogP contribution in [0.2, 0.25) is 5.02 Å². The predicted molar refractivity (Wildman–Crippen MR) is 137 cm³/mol. The van der Waals surface area contributed by atoms with Gasteiger partial charge in [-0.3, -0.25) is 13.9 Å². The lowest BCUT2D eigenvalue weighted by molar-refractivity contribution is -0.140. The first-order valence-electron chi connectivity index (χ1n) is 11.5. The third-order valence-electron chi connectivity index (χ3n) is 5.77. The molecule has 35 heavy (non-hydrogen) atoms. The molecular formula is C25H33ClFN3O4S. The lowest BCUT2D eigenvalue weighted by atomic mass is 10.1. The van der Waals surface area contributed by atoms with Gasteiger partial charge in [0.1, 0.15) is 18.4 Å². The molecule has 0 unspecified atom stereocenters. The molecule has 0 spiro atoms. The number of aryl methyl sites for hydroxylation is 1. The van der Waals surface area contributed by atoms with Gasteiger partial charge >= 0.3 is 0 Å². The molecule has 2 atom stereocenters. The van der Waals surface area contributed by atoms with Crippen LogP contribution in [0.25, 0.3) is 0 Å². The number of hydrogen-bond acceptors (Lipinski definition) is 4. The second-order valence-corrected chi connectivity index (χ2v) is 10.9. The summed E-state index contributed by atoms with van der Waals surface area (Å²) in [6, 6.07) is 9.47. The highest BCUT2D eigenvalue weighted by Gasteiger charge is 2.32. The summed E-state index contributed by atoms with van der Waals surface area (Å²) >= 11 is 6.11. The summed E-state index contributed by atoms with van der Waals surface area (Å²) in [6.45, 7) is 6.79. The van der Waals surface area contributed by atoms with Gasteiger partial charge in [-0.05, 0) is 62.1 Å². The molecule has 0 aliphatic heterocycles. The molecule has 0 radical (unpaired) electrons. The molecule has 2 aromatic carbocycles. The van der Waals surface area contributed by atoms with E-state index in [4.69, 9.17) is 11.6 Å². The van der Waals surface area contributed by atoms with Gasteiger partial charge in [0.2, 0.25) is 21.8 Å². The molecule has 2 aromatic rings. The molecule has 192 valence electrons. The van der Waals surface area contributed by atoms with E-state index in [0.717, 1.165) is 10.6 Å². The van der Waals surface area contributed by atoms with Crippen molar-refractivity contribution in [1.82, 2.24) is 10.2 Å². The summed E-state index contributed by atoms with van der Waals surface area (Å²) in [5.74, 6) is -1.32. The highest BCUT2D eigenvalue weighted by Crippen LogP contribution is 2.27. The van der Waals surface area contributed by atoms with Gasteiger partial charge in [0.05, 0.1) is 11.9 Å². The van der Waals surface area contributed by atoms with Gasteiger partial charge in [0.15, 0.2) is 0 Å². The minimum absolute atomic E-state index is 0.0116. The van der Waals surface area contributed by atoms with E-state index in [2.05, 4.69) is 5.32 Å². The fraction of sp³-hybridized carbons (Fsp3) is 0.440. The Bertz CT molecular complexity index is 1140. The number of anilines is 1. The molecule has 0 bridgehead atoms. The van der Waals surface area contributed by atoms with E-state index in [0.29, 0.717) is 29.0 Å². The Hall–Kier alpha value is -2.65. The molecular weight excluding hydrogens is 493 g/mol. The maximum absolute atomic E-state index is 13.6. The third-order valence-corrected chi connectivity index (χ3v) is 7.13. The number of carbonyl (C=O) groups is 2. The van der Waals surface area contributed by atoms with Crippen molar-refractivity contribution in [3.8, 4) is 0 Å². The molecule has 2 rings (SSSR count). The number of amides is 2. The van der Waals surface area contributed by atoms with Gasteiger partial charge < -0.3 is 10.2 Å². The lowest BCUT2D eigenvalue weighted by Crippen LogP contribution is -2.53. The van der Waals surface area contributed by atoms with E-state index in [1.54, 1.807) is 26.0 Å². The van der Waals surface area contributed by atoms with Crippen molar-refractivity contribution >= 4 is 39.1 Å². The smallest absolute Gasteiger partial charge is 0.244 e. The first kappa shape index (κ1) is 28.6. The van der Waals surface area contributed by atoms with E-state index in [1.807, 2.05) is 13.8 Å². The van der Waals surface area contributed by atoms with E-state index in [-0.39, 0.29) is 24.2 Å². The van der Waals surface area contributed by atoms with Crippen molar-refractivity contribution in [2.45, 2.75) is 59.2 Å². The topological polar surface area (TPSA) is 86.8 Å². The van der Waals surface area contributed by atoms with Gasteiger partial charge in [-0.15, -0.1) is 0 Å². The molecule has 2 amide bonds. The number of benzene rings is 2. The zero-order valence-electron chi connectivity index (χ0n) is 20.7. The van der Waals surface area contributed by atoms with Crippen LogP contribution in [0.5, 0.6) is 0 Å². The zero-order valence-corrected chi connectivity index (χ0v) is 22.3. The number of rotatable bonds is 11. The second kappa shape index (κ2) is 12.4. The van der Waals surface area contributed by atoms with Gasteiger partial charge in [0, 0.05) is 17.6 Å². The molecule has 0 aromatic heterocycles. The Labute approximate surface area is 212 Å². The number of sulfonamides is 1. The number of nitrogens with one attached hydrogen (secondary N) is 1. The number of nitrogens with zero attached hydrogens (tertiary/aromatic N) is 2. The van der Waals surface area contributed by atoms with E-state index in [1.165, 1.54) is 35.2 Å². The van der Waals surface area contributed by atoms with Crippen LogP contribution in [0.3, 0.4) is 0 Å². The molecule has 0 aliphatic carbocycles. The molecule has 7 nitrogen and oxygen atoms in total. The summed E-state index contributed by atoms with van der Waals surface area (Å²) in [7, 11) is -3.86. The second-order valence-electron chi connectivity index (χ2n) is 8.59. The van der Waals surface area contributed by atoms with E-state index < -0.39 is 34.3 Å². The minimum Gasteiger partial charge on any atom is -0.352 e. The average Bonchev–Trinajstić information content (AvgIpc) is 2.79. The number of carbonyl (C=O) groups excluding carboxylic acids is 2. The van der Waals surface area contributed by atoms with Crippen molar-refractivity contribution in [3.05, 3.63) is 64.4 Å². The van der Waals surface area contributed by atoms with Crippen molar-refractivity contribution in [2.75, 3.05) is 17.1 Å². The zero-order chi connectivity index (χ0) is 26.3. The van der Waals surface area contributed by atoms with Gasteiger partial charge in [-0.1, -0.05) is 43.6 Å². The molecule has 0 aliphatic rings. The van der Waals surface area contributed by atoms with Crippen LogP contribution in [0.1, 0.15) is 44.7 Å². The highest BCUT2D eigenvalue weighted by atomic mass is 35.5. The Balaban J connectivity index is 2.47. The Morgan fingerprint density at radius 2 is 1.71 bits per heavy atom. The largest absolute Gasteiger partial charge is 0.352 e. The standard InChI is InChI=1S/C25H33ClFN3O4S/c1-6-18(4)28-25(32)22(7-2)29(15-19-9-12-21(27)13-10-19)24(31)16-30(35(5,33)34)23-14-20(26)11-8-17(23)3/h8-14,18,22H,6-7,15-16H2,1-5H3,(H,28,32)/t18-,22-/m0/s1. The minimum atomic E-state index is -3.86. The first-order chi connectivity index (χ1) is 16.4.